The van der Waals surface area contributed by atoms with Gasteiger partial charge in [0.2, 0.25) is 0 Å². The predicted molar refractivity (Wildman–Crippen MR) is 150 cm³/mol. The molecule has 1 aliphatic heterocycles. The van der Waals surface area contributed by atoms with E-state index >= 15 is 0 Å². The molecular formula is C25H21FI2N2O2S. The fourth-order valence-electron chi connectivity index (χ4n) is 3.27. The average Bonchev–Trinajstić information content (AvgIpc) is 3.13. The summed E-state index contributed by atoms with van der Waals surface area (Å²) < 4.78 is 21.6. The van der Waals surface area contributed by atoms with Gasteiger partial charge in [0.25, 0.3) is 5.91 Å². The van der Waals surface area contributed by atoms with Crippen LogP contribution < -0.4 is 15.4 Å². The van der Waals surface area contributed by atoms with Crippen LogP contribution in [0.15, 0.2) is 65.6 Å². The highest BCUT2D eigenvalue weighted by molar-refractivity contribution is 14.1. The minimum absolute atomic E-state index is 0.104. The van der Waals surface area contributed by atoms with Crippen LogP contribution in [0.5, 0.6) is 5.75 Å². The average molecular weight is 686 g/mol. The first-order valence-electron chi connectivity index (χ1n) is 10.3. The number of nitrogens with one attached hydrogen (secondary N) is 2. The Bertz CT molecular complexity index is 1180. The molecule has 4 rings (SSSR count). The quantitative estimate of drug-likeness (QED) is 0.213. The molecule has 3 aromatic rings. The number of aryl methyl sites for hydroxylation is 1. The highest BCUT2D eigenvalue weighted by Gasteiger charge is 2.27. The van der Waals surface area contributed by atoms with Crippen molar-refractivity contribution in [1.82, 2.24) is 5.32 Å². The van der Waals surface area contributed by atoms with E-state index in [0.717, 1.165) is 24.8 Å². The number of ether oxygens (including phenoxy) is 1. The van der Waals surface area contributed by atoms with E-state index in [1.165, 1.54) is 23.4 Å². The Morgan fingerprint density at radius 1 is 1.12 bits per heavy atom. The summed E-state index contributed by atoms with van der Waals surface area (Å²) in [6.07, 6.45) is 2.87. The van der Waals surface area contributed by atoms with E-state index in [9.17, 15) is 9.18 Å². The van der Waals surface area contributed by atoms with E-state index in [1.54, 1.807) is 18.2 Å². The first kappa shape index (κ1) is 24.3. The molecule has 1 amide bonds. The maximum atomic E-state index is 13.9. The SMILES string of the molecule is CCc1ccc(N[C@H]2NC(=O)/C(=C/c3cc(I)c(OCc4ccccc4F)c(I)c3)S2)cc1. The summed E-state index contributed by atoms with van der Waals surface area (Å²) in [5.41, 5.74) is 3.43. The maximum absolute atomic E-state index is 13.9. The number of hydrogen-bond acceptors (Lipinski definition) is 4. The van der Waals surface area contributed by atoms with Gasteiger partial charge in [-0.1, -0.05) is 49.0 Å². The second-order valence-corrected chi connectivity index (χ2v) is 10.8. The molecule has 170 valence electrons. The third-order valence-electron chi connectivity index (χ3n) is 5.04. The molecular weight excluding hydrogens is 665 g/mol. The lowest BCUT2D eigenvalue weighted by atomic mass is 10.1. The summed E-state index contributed by atoms with van der Waals surface area (Å²) in [6, 6.07) is 18.7. The molecule has 0 saturated carbocycles. The Kier molecular flexibility index (Phi) is 8.18. The molecule has 0 aromatic heterocycles. The number of rotatable bonds is 7. The van der Waals surface area contributed by atoms with Crippen molar-refractivity contribution >= 4 is 74.6 Å². The molecule has 0 aliphatic carbocycles. The van der Waals surface area contributed by atoms with Gasteiger partial charge in [-0.05, 0) is 99.1 Å². The molecule has 2 N–H and O–H groups in total. The van der Waals surface area contributed by atoms with Crippen molar-refractivity contribution in [2.24, 2.45) is 0 Å². The van der Waals surface area contributed by atoms with Gasteiger partial charge in [0.1, 0.15) is 18.2 Å². The molecule has 0 bridgehead atoms. The number of amides is 1. The summed E-state index contributed by atoms with van der Waals surface area (Å²) >= 11 is 5.87. The molecule has 33 heavy (non-hydrogen) atoms. The second kappa shape index (κ2) is 11.1. The van der Waals surface area contributed by atoms with Gasteiger partial charge < -0.3 is 15.4 Å². The lowest BCUT2D eigenvalue weighted by Gasteiger charge is -2.13. The van der Waals surface area contributed by atoms with Gasteiger partial charge in [0, 0.05) is 11.3 Å². The van der Waals surface area contributed by atoms with Gasteiger partial charge in [-0.2, -0.15) is 0 Å². The normalized spacial score (nSPS) is 16.7. The van der Waals surface area contributed by atoms with Crippen LogP contribution in [-0.2, 0) is 17.8 Å². The van der Waals surface area contributed by atoms with Gasteiger partial charge in [-0.15, -0.1) is 0 Å². The number of thioether (sulfide) groups is 1. The maximum Gasteiger partial charge on any atom is 0.260 e. The highest BCUT2D eigenvalue weighted by Crippen LogP contribution is 2.34. The molecule has 1 aliphatic rings. The Morgan fingerprint density at radius 2 is 1.82 bits per heavy atom. The first-order valence-corrected chi connectivity index (χ1v) is 13.4. The molecule has 3 aromatic carbocycles. The van der Waals surface area contributed by atoms with Gasteiger partial charge >= 0.3 is 0 Å². The van der Waals surface area contributed by atoms with Crippen molar-refractivity contribution < 1.29 is 13.9 Å². The molecule has 1 fully saturated rings. The van der Waals surface area contributed by atoms with Crippen LogP contribution in [0, 0.1) is 13.0 Å². The third kappa shape index (κ3) is 6.21. The zero-order valence-corrected chi connectivity index (χ0v) is 22.8. The molecule has 0 spiro atoms. The van der Waals surface area contributed by atoms with E-state index in [-0.39, 0.29) is 23.8 Å². The topological polar surface area (TPSA) is 50.4 Å². The van der Waals surface area contributed by atoms with Crippen LogP contribution in [-0.4, -0.2) is 11.4 Å². The van der Waals surface area contributed by atoms with Crippen LogP contribution >= 0.6 is 56.9 Å². The monoisotopic (exact) mass is 686 g/mol. The third-order valence-corrected chi connectivity index (χ3v) is 7.67. The van der Waals surface area contributed by atoms with Crippen molar-refractivity contribution in [3.8, 4) is 5.75 Å². The Balaban J connectivity index is 1.44. The summed E-state index contributed by atoms with van der Waals surface area (Å²) in [4.78, 5) is 13.1. The van der Waals surface area contributed by atoms with Crippen molar-refractivity contribution in [3.63, 3.8) is 0 Å². The lowest BCUT2D eigenvalue weighted by molar-refractivity contribution is -0.116. The summed E-state index contributed by atoms with van der Waals surface area (Å²) in [5.74, 6) is 0.324. The zero-order chi connectivity index (χ0) is 23.4. The van der Waals surface area contributed by atoms with Crippen LogP contribution in [0.1, 0.15) is 23.6 Å². The molecule has 4 nitrogen and oxygen atoms in total. The van der Waals surface area contributed by atoms with Crippen molar-refractivity contribution in [2.75, 3.05) is 5.32 Å². The Morgan fingerprint density at radius 3 is 2.48 bits per heavy atom. The molecule has 0 radical (unpaired) electrons. The Hall–Kier alpha value is -1.79. The van der Waals surface area contributed by atoms with E-state index in [0.29, 0.717) is 16.2 Å². The largest absolute Gasteiger partial charge is 0.487 e. The van der Waals surface area contributed by atoms with E-state index in [2.05, 4.69) is 74.9 Å². The van der Waals surface area contributed by atoms with Crippen molar-refractivity contribution in [2.45, 2.75) is 25.4 Å². The summed E-state index contributed by atoms with van der Waals surface area (Å²) in [7, 11) is 0. The molecule has 1 atom stereocenters. The lowest BCUT2D eigenvalue weighted by Crippen LogP contribution is -2.30. The van der Waals surface area contributed by atoms with Gasteiger partial charge in [-0.25, -0.2) is 4.39 Å². The second-order valence-electron chi connectivity index (χ2n) is 7.37. The fourth-order valence-corrected chi connectivity index (χ4v) is 6.38. The number of carbonyl (C=O) groups excluding carboxylic acids is 1. The summed E-state index contributed by atoms with van der Waals surface area (Å²) in [5, 5.41) is 6.31. The van der Waals surface area contributed by atoms with E-state index in [1.807, 2.05) is 30.3 Å². The van der Waals surface area contributed by atoms with Crippen molar-refractivity contribution in [1.29, 1.82) is 0 Å². The van der Waals surface area contributed by atoms with Gasteiger partial charge in [0.05, 0.1) is 12.0 Å². The summed E-state index contributed by atoms with van der Waals surface area (Å²) in [6.45, 7) is 2.28. The minimum Gasteiger partial charge on any atom is -0.487 e. The molecule has 1 heterocycles. The highest BCUT2D eigenvalue weighted by atomic mass is 127. The fraction of sp³-hybridized carbons (Fsp3) is 0.160. The van der Waals surface area contributed by atoms with Crippen LogP contribution in [0.4, 0.5) is 10.1 Å². The smallest absolute Gasteiger partial charge is 0.260 e. The number of halogens is 3. The van der Waals surface area contributed by atoms with Crippen LogP contribution in [0.25, 0.3) is 6.08 Å². The predicted octanol–water partition coefficient (Wildman–Crippen LogP) is 6.78. The van der Waals surface area contributed by atoms with E-state index in [4.69, 9.17) is 4.74 Å². The number of hydrogen-bond donors (Lipinski definition) is 2. The molecule has 8 heteroatoms. The van der Waals surface area contributed by atoms with Gasteiger partial charge in [0.15, 0.2) is 5.50 Å². The minimum atomic E-state index is -0.280. The molecule has 0 unspecified atom stereocenters. The number of benzene rings is 3. The standard InChI is InChI=1S/C25H21FI2N2O2S/c1-2-15-7-9-18(10-8-15)29-25-30-24(31)22(33-25)13-16-11-20(27)23(21(28)12-16)32-14-17-5-3-4-6-19(17)26/h3-13,25,29H,2,14H2,1H3,(H,30,31)/b22-13-/t25-/m0/s1. The first-order chi connectivity index (χ1) is 15.9. The van der Waals surface area contributed by atoms with Crippen LogP contribution in [0.2, 0.25) is 0 Å². The molecule has 1 saturated heterocycles. The van der Waals surface area contributed by atoms with Crippen LogP contribution in [0.3, 0.4) is 0 Å². The zero-order valence-electron chi connectivity index (χ0n) is 17.7. The number of carbonyl (C=O) groups is 1. The van der Waals surface area contributed by atoms with Gasteiger partial charge in [-0.3, -0.25) is 4.79 Å². The van der Waals surface area contributed by atoms with E-state index < -0.39 is 0 Å². The number of anilines is 1. The van der Waals surface area contributed by atoms with Crippen molar-refractivity contribution in [3.05, 3.63) is 95.2 Å². The Labute approximate surface area is 224 Å².